The van der Waals surface area contributed by atoms with Crippen LogP contribution in [0.1, 0.15) is 23.7 Å². The Morgan fingerprint density at radius 3 is 3.00 bits per heavy atom. The van der Waals surface area contributed by atoms with Gasteiger partial charge in [0.2, 0.25) is 11.7 Å². The van der Waals surface area contributed by atoms with Gasteiger partial charge in [0, 0.05) is 10.4 Å². The molecule has 0 spiro atoms. The molecule has 3 aromatic rings. The van der Waals surface area contributed by atoms with Crippen LogP contribution in [-0.2, 0) is 0 Å². The fourth-order valence-corrected chi connectivity index (χ4v) is 2.68. The number of hydrogen-bond donors (Lipinski definition) is 1. The van der Waals surface area contributed by atoms with Crippen LogP contribution in [0.2, 0.25) is 0 Å². The Bertz CT molecular complexity index is 709. The van der Waals surface area contributed by atoms with E-state index in [2.05, 4.69) is 10.1 Å². The maximum Gasteiger partial charge on any atom is 0.249 e. The largest absolute Gasteiger partial charge is 0.494 e. The quantitative estimate of drug-likeness (QED) is 0.783. The van der Waals surface area contributed by atoms with E-state index in [0.717, 1.165) is 16.2 Å². The Labute approximate surface area is 126 Å². The van der Waals surface area contributed by atoms with E-state index in [1.807, 2.05) is 48.7 Å². The van der Waals surface area contributed by atoms with Gasteiger partial charge in [-0.1, -0.05) is 23.4 Å². The van der Waals surface area contributed by atoms with E-state index in [1.54, 1.807) is 11.3 Å². The number of thiophene rings is 1. The van der Waals surface area contributed by atoms with Gasteiger partial charge in [-0.25, -0.2) is 0 Å². The second kappa shape index (κ2) is 6.07. The number of ether oxygens (including phenoxy) is 1. The summed E-state index contributed by atoms with van der Waals surface area (Å²) < 4.78 is 10.8. The van der Waals surface area contributed by atoms with Crippen LogP contribution < -0.4 is 10.5 Å². The van der Waals surface area contributed by atoms with Gasteiger partial charge in [-0.15, -0.1) is 11.3 Å². The maximum atomic E-state index is 6.12. The van der Waals surface area contributed by atoms with Gasteiger partial charge < -0.3 is 15.0 Å². The van der Waals surface area contributed by atoms with Crippen LogP contribution in [0.5, 0.6) is 5.75 Å². The smallest absolute Gasteiger partial charge is 0.249 e. The zero-order valence-corrected chi connectivity index (χ0v) is 12.3. The first-order valence-corrected chi connectivity index (χ1v) is 7.51. The standard InChI is InChI=1S/C15H15N3O2S/c1-2-19-11-6-3-5-10(9-11)14-17-15(20-18-14)13(16)12-7-4-8-21-12/h3-9,13H,2,16H2,1H3. The number of hydrogen-bond acceptors (Lipinski definition) is 6. The summed E-state index contributed by atoms with van der Waals surface area (Å²) in [5.41, 5.74) is 6.96. The van der Waals surface area contributed by atoms with Crippen molar-refractivity contribution in [3.63, 3.8) is 0 Å². The first-order chi connectivity index (χ1) is 10.3. The van der Waals surface area contributed by atoms with Crippen LogP contribution in [-0.4, -0.2) is 16.7 Å². The molecule has 0 fully saturated rings. The van der Waals surface area contributed by atoms with Gasteiger partial charge in [0.25, 0.3) is 0 Å². The average molecular weight is 301 g/mol. The second-order valence-corrected chi connectivity index (χ2v) is 5.39. The van der Waals surface area contributed by atoms with E-state index in [4.69, 9.17) is 15.0 Å². The molecule has 0 amide bonds. The molecule has 2 aromatic heterocycles. The van der Waals surface area contributed by atoms with Crippen LogP contribution in [0.3, 0.4) is 0 Å². The molecular formula is C15H15N3O2S. The van der Waals surface area contributed by atoms with Crippen molar-refractivity contribution in [1.29, 1.82) is 0 Å². The molecule has 2 N–H and O–H groups in total. The van der Waals surface area contributed by atoms with Crippen molar-refractivity contribution in [2.24, 2.45) is 5.73 Å². The van der Waals surface area contributed by atoms with E-state index in [0.29, 0.717) is 18.3 Å². The SMILES string of the molecule is CCOc1cccc(-c2noc(C(N)c3cccs3)n2)c1. The molecule has 2 heterocycles. The first kappa shape index (κ1) is 13.8. The van der Waals surface area contributed by atoms with Crippen molar-refractivity contribution in [3.8, 4) is 17.1 Å². The zero-order valence-electron chi connectivity index (χ0n) is 11.5. The van der Waals surface area contributed by atoms with Crippen LogP contribution in [0.15, 0.2) is 46.3 Å². The Balaban J connectivity index is 1.86. The fraction of sp³-hybridized carbons (Fsp3) is 0.200. The highest BCUT2D eigenvalue weighted by Crippen LogP contribution is 2.26. The Hall–Kier alpha value is -2.18. The van der Waals surface area contributed by atoms with E-state index < -0.39 is 0 Å². The molecule has 0 saturated carbocycles. The van der Waals surface area contributed by atoms with Crippen molar-refractivity contribution >= 4 is 11.3 Å². The molecule has 3 rings (SSSR count). The first-order valence-electron chi connectivity index (χ1n) is 6.63. The van der Waals surface area contributed by atoms with Gasteiger partial charge in [-0.3, -0.25) is 0 Å². The minimum atomic E-state index is -0.388. The van der Waals surface area contributed by atoms with Gasteiger partial charge in [0.1, 0.15) is 11.8 Å². The molecule has 0 aliphatic heterocycles. The molecule has 6 heteroatoms. The normalized spacial score (nSPS) is 12.3. The van der Waals surface area contributed by atoms with Crippen molar-refractivity contribution in [1.82, 2.24) is 10.1 Å². The summed E-state index contributed by atoms with van der Waals surface area (Å²) in [6.07, 6.45) is 0. The zero-order chi connectivity index (χ0) is 14.7. The summed E-state index contributed by atoms with van der Waals surface area (Å²) in [5, 5.41) is 5.97. The average Bonchev–Trinajstić information content (AvgIpc) is 3.19. The molecule has 0 aliphatic rings. The van der Waals surface area contributed by atoms with Gasteiger partial charge in [-0.2, -0.15) is 4.98 Å². The van der Waals surface area contributed by atoms with Crippen molar-refractivity contribution in [2.45, 2.75) is 13.0 Å². The van der Waals surface area contributed by atoms with Gasteiger partial charge in [0.05, 0.1) is 6.61 Å². The van der Waals surface area contributed by atoms with E-state index in [-0.39, 0.29) is 6.04 Å². The molecule has 0 saturated heterocycles. The molecule has 5 nitrogen and oxygen atoms in total. The maximum absolute atomic E-state index is 6.12. The number of aromatic nitrogens is 2. The third kappa shape index (κ3) is 2.96. The molecule has 21 heavy (non-hydrogen) atoms. The van der Waals surface area contributed by atoms with Crippen LogP contribution in [0.4, 0.5) is 0 Å². The molecular weight excluding hydrogens is 286 g/mol. The lowest BCUT2D eigenvalue weighted by atomic mass is 10.2. The second-order valence-electron chi connectivity index (χ2n) is 4.41. The number of rotatable bonds is 5. The van der Waals surface area contributed by atoms with Crippen molar-refractivity contribution in [2.75, 3.05) is 6.61 Å². The van der Waals surface area contributed by atoms with E-state index >= 15 is 0 Å². The van der Waals surface area contributed by atoms with E-state index in [1.165, 1.54) is 0 Å². The summed E-state index contributed by atoms with van der Waals surface area (Å²) in [5.74, 6) is 1.71. The van der Waals surface area contributed by atoms with E-state index in [9.17, 15) is 0 Å². The van der Waals surface area contributed by atoms with Crippen LogP contribution >= 0.6 is 11.3 Å². The van der Waals surface area contributed by atoms with Gasteiger partial charge in [-0.05, 0) is 30.5 Å². The lowest BCUT2D eigenvalue weighted by molar-refractivity contribution is 0.340. The molecule has 1 unspecified atom stereocenters. The lowest BCUT2D eigenvalue weighted by Gasteiger charge is -2.03. The summed E-state index contributed by atoms with van der Waals surface area (Å²) in [4.78, 5) is 5.38. The number of nitrogens with two attached hydrogens (primary N) is 1. The minimum absolute atomic E-state index is 0.388. The third-order valence-corrected chi connectivity index (χ3v) is 3.92. The molecule has 1 aromatic carbocycles. The Morgan fingerprint density at radius 2 is 2.24 bits per heavy atom. The summed E-state index contributed by atoms with van der Waals surface area (Å²) >= 11 is 1.57. The summed E-state index contributed by atoms with van der Waals surface area (Å²) in [6, 6.07) is 11.1. The summed E-state index contributed by atoms with van der Waals surface area (Å²) in [6.45, 7) is 2.56. The predicted molar refractivity (Wildman–Crippen MR) is 81.3 cm³/mol. The molecule has 0 bridgehead atoms. The highest BCUT2D eigenvalue weighted by atomic mass is 32.1. The van der Waals surface area contributed by atoms with Gasteiger partial charge >= 0.3 is 0 Å². The predicted octanol–water partition coefficient (Wildman–Crippen LogP) is 3.24. The highest BCUT2D eigenvalue weighted by molar-refractivity contribution is 7.10. The molecule has 108 valence electrons. The number of nitrogens with zero attached hydrogens (tertiary/aromatic N) is 2. The van der Waals surface area contributed by atoms with Crippen LogP contribution in [0.25, 0.3) is 11.4 Å². The monoisotopic (exact) mass is 301 g/mol. The Kier molecular flexibility index (Phi) is 3.98. The van der Waals surface area contributed by atoms with Crippen molar-refractivity contribution in [3.05, 3.63) is 52.5 Å². The third-order valence-electron chi connectivity index (χ3n) is 2.96. The Morgan fingerprint density at radius 1 is 1.33 bits per heavy atom. The van der Waals surface area contributed by atoms with Gasteiger partial charge in [0.15, 0.2) is 0 Å². The summed E-state index contributed by atoms with van der Waals surface area (Å²) in [7, 11) is 0. The van der Waals surface area contributed by atoms with Crippen molar-refractivity contribution < 1.29 is 9.26 Å². The molecule has 0 aliphatic carbocycles. The fourth-order valence-electron chi connectivity index (χ4n) is 1.96. The number of benzene rings is 1. The van der Waals surface area contributed by atoms with Crippen LogP contribution in [0, 0.1) is 0 Å². The minimum Gasteiger partial charge on any atom is -0.494 e. The lowest BCUT2D eigenvalue weighted by Crippen LogP contribution is -2.10. The highest BCUT2D eigenvalue weighted by Gasteiger charge is 2.18. The molecule has 0 radical (unpaired) electrons. The topological polar surface area (TPSA) is 74.2 Å². The molecule has 1 atom stereocenters.